The van der Waals surface area contributed by atoms with Gasteiger partial charge in [-0.05, 0) is 24.7 Å². The van der Waals surface area contributed by atoms with Crippen molar-refractivity contribution in [2.45, 2.75) is 26.7 Å². The molecular weight excluding hydrogens is 112 g/mol. The Morgan fingerprint density at radius 1 is 1.00 bits per heavy atom. The SMILES string of the molecule is CC1CCC(C)COC1. The monoisotopic (exact) mass is 128 g/mol. The molecule has 0 spiro atoms. The third kappa shape index (κ3) is 2.35. The van der Waals surface area contributed by atoms with Crippen LogP contribution in [0.2, 0.25) is 0 Å². The molecule has 1 saturated heterocycles. The van der Waals surface area contributed by atoms with Crippen molar-refractivity contribution in [1.82, 2.24) is 0 Å². The Balaban J connectivity index is 2.25. The van der Waals surface area contributed by atoms with Crippen LogP contribution in [0, 0.1) is 11.8 Å². The van der Waals surface area contributed by atoms with Crippen LogP contribution in [0.1, 0.15) is 26.7 Å². The highest BCUT2D eigenvalue weighted by molar-refractivity contribution is 4.61. The number of hydrogen-bond acceptors (Lipinski definition) is 1. The van der Waals surface area contributed by atoms with Crippen molar-refractivity contribution < 1.29 is 4.74 Å². The van der Waals surface area contributed by atoms with Gasteiger partial charge in [0.2, 0.25) is 0 Å². The lowest BCUT2D eigenvalue weighted by Gasteiger charge is -2.03. The van der Waals surface area contributed by atoms with E-state index in [-0.39, 0.29) is 0 Å². The largest absolute Gasteiger partial charge is 0.381 e. The van der Waals surface area contributed by atoms with Crippen molar-refractivity contribution in [2.24, 2.45) is 11.8 Å². The third-order valence-electron chi connectivity index (χ3n) is 1.96. The van der Waals surface area contributed by atoms with E-state index >= 15 is 0 Å². The topological polar surface area (TPSA) is 9.23 Å². The molecule has 0 amide bonds. The van der Waals surface area contributed by atoms with E-state index in [9.17, 15) is 0 Å². The minimum absolute atomic E-state index is 0.787. The first kappa shape index (κ1) is 7.07. The van der Waals surface area contributed by atoms with Gasteiger partial charge in [-0.15, -0.1) is 0 Å². The fourth-order valence-electron chi connectivity index (χ4n) is 1.21. The Morgan fingerprint density at radius 3 is 1.89 bits per heavy atom. The summed E-state index contributed by atoms with van der Waals surface area (Å²) >= 11 is 0. The molecule has 0 saturated carbocycles. The second-order valence-electron chi connectivity index (χ2n) is 3.33. The first-order chi connectivity index (χ1) is 4.29. The Bertz CT molecular complexity index is 70.6. The molecule has 1 aliphatic rings. The van der Waals surface area contributed by atoms with Gasteiger partial charge in [0.15, 0.2) is 0 Å². The van der Waals surface area contributed by atoms with Crippen LogP contribution in [0.4, 0.5) is 0 Å². The van der Waals surface area contributed by atoms with E-state index in [1.807, 2.05) is 0 Å². The second kappa shape index (κ2) is 3.21. The molecular formula is C8H16O. The van der Waals surface area contributed by atoms with Crippen LogP contribution < -0.4 is 0 Å². The molecule has 0 aromatic carbocycles. The van der Waals surface area contributed by atoms with Crippen LogP contribution in [0.15, 0.2) is 0 Å². The molecule has 1 aliphatic heterocycles. The second-order valence-corrected chi connectivity index (χ2v) is 3.33. The van der Waals surface area contributed by atoms with Crippen molar-refractivity contribution in [3.05, 3.63) is 0 Å². The maximum Gasteiger partial charge on any atom is 0.0491 e. The van der Waals surface area contributed by atoms with Crippen molar-refractivity contribution in [3.63, 3.8) is 0 Å². The fourth-order valence-corrected chi connectivity index (χ4v) is 1.21. The highest BCUT2D eigenvalue weighted by Gasteiger charge is 2.11. The molecule has 1 fully saturated rings. The lowest BCUT2D eigenvalue weighted by Crippen LogP contribution is -2.02. The minimum Gasteiger partial charge on any atom is -0.381 e. The summed E-state index contributed by atoms with van der Waals surface area (Å²) in [5.41, 5.74) is 0. The maximum absolute atomic E-state index is 5.42. The summed E-state index contributed by atoms with van der Waals surface area (Å²) < 4.78 is 5.42. The molecule has 1 rings (SSSR count). The first-order valence-electron chi connectivity index (χ1n) is 3.87. The van der Waals surface area contributed by atoms with Gasteiger partial charge >= 0.3 is 0 Å². The average molecular weight is 128 g/mol. The molecule has 2 atom stereocenters. The Kier molecular flexibility index (Phi) is 2.52. The summed E-state index contributed by atoms with van der Waals surface area (Å²) in [6, 6.07) is 0. The summed E-state index contributed by atoms with van der Waals surface area (Å²) in [4.78, 5) is 0. The lowest BCUT2D eigenvalue weighted by atomic mass is 10.0. The summed E-state index contributed by atoms with van der Waals surface area (Å²) in [6.07, 6.45) is 2.70. The van der Waals surface area contributed by atoms with E-state index in [2.05, 4.69) is 13.8 Å². The molecule has 1 heterocycles. The van der Waals surface area contributed by atoms with E-state index in [1.54, 1.807) is 0 Å². The maximum atomic E-state index is 5.42. The molecule has 1 heteroatoms. The predicted molar refractivity (Wildman–Crippen MR) is 38.4 cm³/mol. The van der Waals surface area contributed by atoms with Gasteiger partial charge in [0.05, 0.1) is 0 Å². The normalized spacial score (nSPS) is 38.0. The molecule has 2 unspecified atom stereocenters. The molecule has 1 nitrogen and oxygen atoms in total. The number of hydrogen-bond donors (Lipinski definition) is 0. The highest BCUT2D eigenvalue weighted by Crippen LogP contribution is 2.17. The van der Waals surface area contributed by atoms with Gasteiger partial charge in [0.1, 0.15) is 0 Å². The van der Waals surface area contributed by atoms with E-state index in [0.29, 0.717) is 0 Å². The highest BCUT2D eigenvalue weighted by atomic mass is 16.5. The van der Waals surface area contributed by atoms with Crippen molar-refractivity contribution in [1.29, 1.82) is 0 Å². The third-order valence-corrected chi connectivity index (χ3v) is 1.96. The van der Waals surface area contributed by atoms with Crippen molar-refractivity contribution in [3.8, 4) is 0 Å². The summed E-state index contributed by atoms with van der Waals surface area (Å²) in [5.74, 6) is 1.57. The Hall–Kier alpha value is -0.0400. The Labute approximate surface area is 57.4 Å². The fraction of sp³-hybridized carbons (Fsp3) is 1.00. The van der Waals surface area contributed by atoms with Gasteiger partial charge in [-0.2, -0.15) is 0 Å². The van der Waals surface area contributed by atoms with E-state index in [0.717, 1.165) is 25.0 Å². The van der Waals surface area contributed by atoms with Gasteiger partial charge in [-0.25, -0.2) is 0 Å². The zero-order valence-electron chi connectivity index (χ0n) is 6.39. The Morgan fingerprint density at radius 2 is 1.44 bits per heavy atom. The van der Waals surface area contributed by atoms with Crippen molar-refractivity contribution >= 4 is 0 Å². The molecule has 0 N–H and O–H groups in total. The van der Waals surface area contributed by atoms with E-state index < -0.39 is 0 Å². The summed E-state index contributed by atoms with van der Waals surface area (Å²) in [7, 11) is 0. The minimum atomic E-state index is 0.787. The molecule has 0 aromatic heterocycles. The molecule has 0 radical (unpaired) electrons. The van der Waals surface area contributed by atoms with E-state index in [4.69, 9.17) is 4.74 Å². The quantitative estimate of drug-likeness (QED) is 0.485. The van der Waals surface area contributed by atoms with Crippen LogP contribution in [-0.2, 0) is 4.74 Å². The number of ether oxygens (including phenoxy) is 1. The van der Waals surface area contributed by atoms with Crippen LogP contribution >= 0.6 is 0 Å². The van der Waals surface area contributed by atoms with Crippen LogP contribution in [-0.4, -0.2) is 13.2 Å². The molecule has 0 aliphatic carbocycles. The van der Waals surface area contributed by atoms with Crippen LogP contribution in [0.3, 0.4) is 0 Å². The molecule has 9 heavy (non-hydrogen) atoms. The van der Waals surface area contributed by atoms with Gasteiger partial charge in [0, 0.05) is 13.2 Å². The molecule has 0 aromatic rings. The predicted octanol–water partition coefficient (Wildman–Crippen LogP) is 2.07. The van der Waals surface area contributed by atoms with Crippen LogP contribution in [0.5, 0.6) is 0 Å². The van der Waals surface area contributed by atoms with E-state index in [1.165, 1.54) is 12.8 Å². The summed E-state index contributed by atoms with van der Waals surface area (Å²) in [6.45, 7) is 6.48. The van der Waals surface area contributed by atoms with Gasteiger partial charge in [-0.3, -0.25) is 0 Å². The molecule has 0 bridgehead atoms. The standard InChI is InChI=1S/C8H16O/c1-7-3-4-8(2)6-9-5-7/h7-8H,3-6H2,1-2H3. The lowest BCUT2D eigenvalue weighted by molar-refractivity contribution is 0.102. The van der Waals surface area contributed by atoms with Crippen molar-refractivity contribution in [2.75, 3.05) is 13.2 Å². The smallest absolute Gasteiger partial charge is 0.0491 e. The summed E-state index contributed by atoms with van der Waals surface area (Å²) in [5, 5.41) is 0. The average Bonchev–Trinajstić information content (AvgIpc) is 1.97. The van der Waals surface area contributed by atoms with Gasteiger partial charge < -0.3 is 4.74 Å². The zero-order valence-corrected chi connectivity index (χ0v) is 6.39. The number of rotatable bonds is 0. The van der Waals surface area contributed by atoms with Crippen LogP contribution in [0.25, 0.3) is 0 Å². The van der Waals surface area contributed by atoms with Gasteiger partial charge in [0.25, 0.3) is 0 Å². The first-order valence-corrected chi connectivity index (χ1v) is 3.87. The van der Waals surface area contributed by atoms with Gasteiger partial charge in [-0.1, -0.05) is 13.8 Å². The molecule has 54 valence electrons. The zero-order chi connectivity index (χ0) is 6.69.